The molecular formula is C14H12F2N2O2. The van der Waals surface area contributed by atoms with E-state index in [-0.39, 0.29) is 17.9 Å². The Morgan fingerprint density at radius 2 is 1.95 bits per heavy atom. The van der Waals surface area contributed by atoms with Crippen LogP contribution in [0.3, 0.4) is 0 Å². The van der Waals surface area contributed by atoms with Gasteiger partial charge >= 0.3 is 6.61 Å². The number of ether oxygens (including phenoxy) is 1. The predicted molar refractivity (Wildman–Crippen MR) is 68.5 cm³/mol. The number of rotatable bonds is 5. The average Bonchev–Trinajstić information content (AvgIpc) is 2.46. The molecule has 0 aliphatic rings. The van der Waals surface area contributed by atoms with Gasteiger partial charge in [0.15, 0.2) is 0 Å². The molecule has 1 aromatic heterocycles. The lowest BCUT2D eigenvalue weighted by Gasteiger charge is -2.10. The number of pyridine rings is 1. The van der Waals surface area contributed by atoms with Crippen molar-refractivity contribution in [2.75, 3.05) is 0 Å². The molecule has 0 atom stereocenters. The molecule has 20 heavy (non-hydrogen) atoms. The Labute approximate surface area is 114 Å². The minimum Gasteiger partial charge on any atom is -0.434 e. The Bertz CT molecular complexity index is 576. The summed E-state index contributed by atoms with van der Waals surface area (Å²) in [7, 11) is 0. The molecule has 0 bridgehead atoms. The van der Waals surface area contributed by atoms with Crippen molar-refractivity contribution in [3.63, 3.8) is 0 Å². The van der Waals surface area contributed by atoms with Crippen LogP contribution < -0.4 is 10.1 Å². The van der Waals surface area contributed by atoms with E-state index in [1.165, 1.54) is 18.2 Å². The fourth-order valence-electron chi connectivity index (χ4n) is 1.62. The lowest BCUT2D eigenvalue weighted by molar-refractivity contribution is -0.0501. The smallest absolute Gasteiger partial charge is 0.387 e. The number of nitrogens with zero attached hydrogens (tertiary/aromatic N) is 1. The largest absolute Gasteiger partial charge is 0.434 e. The summed E-state index contributed by atoms with van der Waals surface area (Å²) in [5, 5.41) is 2.60. The van der Waals surface area contributed by atoms with Crippen molar-refractivity contribution in [1.29, 1.82) is 0 Å². The summed E-state index contributed by atoms with van der Waals surface area (Å²) in [6.07, 6.45) is 1.61. The van der Waals surface area contributed by atoms with Crippen LogP contribution in [0.15, 0.2) is 48.7 Å². The summed E-state index contributed by atoms with van der Waals surface area (Å²) in [4.78, 5) is 16.0. The SMILES string of the molecule is O=C(NCc1ccccn1)c1ccccc1OC(F)F. The molecule has 2 aromatic rings. The van der Waals surface area contributed by atoms with Gasteiger partial charge in [-0.15, -0.1) is 0 Å². The Balaban J connectivity index is 2.05. The van der Waals surface area contributed by atoms with Gasteiger partial charge in [0.05, 0.1) is 17.8 Å². The van der Waals surface area contributed by atoms with Crippen LogP contribution in [0, 0.1) is 0 Å². The third kappa shape index (κ3) is 3.74. The van der Waals surface area contributed by atoms with Crippen LogP contribution in [0.4, 0.5) is 8.78 Å². The molecule has 0 saturated carbocycles. The normalized spacial score (nSPS) is 10.3. The number of aromatic nitrogens is 1. The average molecular weight is 278 g/mol. The zero-order valence-corrected chi connectivity index (χ0v) is 10.4. The molecule has 6 heteroatoms. The second-order valence-corrected chi connectivity index (χ2v) is 3.88. The maximum absolute atomic E-state index is 12.3. The van der Waals surface area contributed by atoms with Crippen molar-refractivity contribution in [2.24, 2.45) is 0 Å². The highest BCUT2D eigenvalue weighted by Crippen LogP contribution is 2.20. The summed E-state index contributed by atoms with van der Waals surface area (Å²) in [6, 6.07) is 11.1. The maximum Gasteiger partial charge on any atom is 0.387 e. The van der Waals surface area contributed by atoms with Gasteiger partial charge in [-0.25, -0.2) is 0 Å². The van der Waals surface area contributed by atoms with Crippen LogP contribution in [0.5, 0.6) is 5.75 Å². The summed E-state index contributed by atoms with van der Waals surface area (Å²) in [5.74, 6) is -0.645. The molecular weight excluding hydrogens is 266 g/mol. The van der Waals surface area contributed by atoms with Gasteiger partial charge in [0.2, 0.25) is 0 Å². The van der Waals surface area contributed by atoms with Gasteiger partial charge in [-0.1, -0.05) is 18.2 Å². The molecule has 0 spiro atoms. The molecule has 0 unspecified atom stereocenters. The van der Waals surface area contributed by atoms with E-state index in [2.05, 4.69) is 15.0 Å². The molecule has 4 nitrogen and oxygen atoms in total. The highest BCUT2D eigenvalue weighted by atomic mass is 19.3. The van der Waals surface area contributed by atoms with Crippen molar-refractivity contribution in [2.45, 2.75) is 13.2 Å². The van der Waals surface area contributed by atoms with Gasteiger partial charge in [-0.3, -0.25) is 9.78 Å². The Morgan fingerprint density at radius 3 is 2.65 bits per heavy atom. The fraction of sp³-hybridized carbons (Fsp3) is 0.143. The molecule has 1 heterocycles. The van der Waals surface area contributed by atoms with Crippen LogP contribution in [0.1, 0.15) is 16.1 Å². The van der Waals surface area contributed by atoms with E-state index >= 15 is 0 Å². The molecule has 0 radical (unpaired) electrons. The van der Waals surface area contributed by atoms with Crippen molar-refractivity contribution < 1.29 is 18.3 Å². The van der Waals surface area contributed by atoms with E-state index in [9.17, 15) is 13.6 Å². The van der Waals surface area contributed by atoms with E-state index in [1.807, 2.05) is 0 Å². The topological polar surface area (TPSA) is 51.2 Å². The number of carbonyl (C=O) groups is 1. The van der Waals surface area contributed by atoms with Crippen LogP contribution in [-0.4, -0.2) is 17.5 Å². The molecule has 0 aliphatic heterocycles. The first-order valence-electron chi connectivity index (χ1n) is 5.89. The Morgan fingerprint density at radius 1 is 1.20 bits per heavy atom. The van der Waals surface area contributed by atoms with Crippen molar-refractivity contribution in [1.82, 2.24) is 10.3 Å². The first-order chi connectivity index (χ1) is 9.66. The zero-order chi connectivity index (χ0) is 14.4. The van der Waals surface area contributed by atoms with Gasteiger partial charge in [0, 0.05) is 6.20 Å². The summed E-state index contributed by atoms with van der Waals surface area (Å²) in [5.41, 5.74) is 0.733. The zero-order valence-electron chi connectivity index (χ0n) is 10.4. The van der Waals surface area contributed by atoms with Crippen LogP contribution >= 0.6 is 0 Å². The molecule has 104 valence electrons. The number of carbonyl (C=O) groups excluding carboxylic acids is 1. The highest BCUT2D eigenvalue weighted by Gasteiger charge is 2.14. The standard InChI is InChI=1S/C14H12F2N2O2/c15-14(16)20-12-7-2-1-6-11(12)13(19)18-9-10-5-3-4-8-17-10/h1-8,14H,9H2,(H,18,19). The Hall–Kier alpha value is -2.50. The summed E-state index contributed by atoms with van der Waals surface area (Å²) < 4.78 is 28.8. The molecule has 1 amide bonds. The first kappa shape index (κ1) is 13.9. The summed E-state index contributed by atoms with van der Waals surface area (Å²) in [6.45, 7) is -2.76. The minimum absolute atomic E-state index is 0.0590. The van der Waals surface area contributed by atoms with Gasteiger partial charge in [-0.05, 0) is 24.3 Å². The van der Waals surface area contributed by atoms with E-state index < -0.39 is 12.5 Å². The molecule has 2 rings (SSSR count). The number of hydrogen-bond donors (Lipinski definition) is 1. The molecule has 1 aromatic carbocycles. The van der Waals surface area contributed by atoms with E-state index in [0.29, 0.717) is 5.69 Å². The van der Waals surface area contributed by atoms with E-state index in [4.69, 9.17) is 0 Å². The van der Waals surface area contributed by atoms with Gasteiger partial charge in [-0.2, -0.15) is 8.78 Å². The van der Waals surface area contributed by atoms with Gasteiger partial charge in [0.1, 0.15) is 5.75 Å². The van der Waals surface area contributed by atoms with Gasteiger partial charge < -0.3 is 10.1 Å². The van der Waals surface area contributed by atoms with Crippen molar-refractivity contribution >= 4 is 5.91 Å². The molecule has 0 fully saturated rings. The Kier molecular flexibility index (Phi) is 4.60. The van der Waals surface area contributed by atoms with Crippen molar-refractivity contribution in [3.8, 4) is 5.75 Å². The van der Waals surface area contributed by atoms with E-state index in [0.717, 1.165) is 0 Å². The number of para-hydroxylation sites is 1. The highest BCUT2D eigenvalue weighted by molar-refractivity contribution is 5.96. The van der Waals surface area contributed by atoms with E-state index in [1.54, 1.807) is 30.5 Å². The third-order valence-corrected chi connectivity index (χ3v) is 2.50. The molecule has 0 aliphatic carbocycles. The van der Waals surface area contributed by atoms with Crippen LogP contribution in [-0.2, 0) is 6.54 Å². The fourth-order valence-corrected chi connectivity index (χ4v) is 1.62. The lowest BCUT2D eigenvalue weighted by atomic mass is 10.2. The second-order valence-electron chi connectivity index (χ2n) is 3.88. The number of benzene rings is 1. The summed E-state index contributed by atoms with van der Waals surface area (Å²) >= 11 is 0. The minimum atomic E-state index is -2.97. The second kappa shape index (κ2) is 6.60. The maximum atomic E-state index is 12.3. The number of halogens is 2. The van der Waals surface area contributed by atoms with Gasteiger partial charge in [0.25, 0.3) is 5.91 Å². The van der Waals surface area contributed by atoms with Crippen molar-refractivity contribution in [3.05, 3.63) is 59.9 Å². The lowest BCUT2D eigenvalue weighted by Crippen LogP contribution is -2.24. The number of amides is 1. The molecule has 0 saturated heterocycles. The van der Waals surface area contributed by atoms with Crippen LogP contribution in [0.2, 0.25) is 0 Å². The third-order valence-electron chi connectivity index (χ3n) is 2.50. The molecule has 1 N–H and O–H groups in total. The van der Waals surface area contributed by atoms with Crippen LogP contribution in [0.25, 0.3) is 0 Å². The monoisotopic (exact) mass is 278 g/mol. The predicted octanol–water partition coefficient (Wildman–Crippen LogP) is 2.61. The number of nitrogens with one attached hydrogen (secondary N) is 1. The quantitative estimate of drug-likeness (QED) is 0.914. The number of alkyl halides is 2. The first-order valence-corrected chi connectivity index (χ1v) is 5.89. The number of hydrogen-bond acceptors (Lipinski definition) is 3.